The van der Waals surface area contributed by atoms with Gasteiger partial charge >= 0.3 is 0 Å². The summed E-state index contributed by atoms with van der Waals surface area (Å²) in [5, 5.41) is 17.4. The molecule has 3 heterocycles. The number of benzene rings is 2. The molecular weight excluding hydrogens is 494 g/mol. The number of carbonyl (C=O) groups excluding carboxylic acids is 1. The SMILES string of the molecule is Cc1cccc(Nc2sc3c(-c4ccc(Cl)cc4)c(C#N)c(N)nc3c2C(=O)NCc2ccco2)c1. The second kappa shape index (κ2) is 9.74. The topological polar surface area (TPSA) is 117 Å². The van der Waals surface area contributed by atoms with Gasteiger partial charge in [-0.3, -0.25) is 4.79 Å². The van der Waals surface area contributed by atoms with E-state index in [1.54, 1.807) is 30.5 Å². The minimum Gasteiger partial charge on any atom is -0.467 e. The van der Waals surface area contributed by atoms with Crippen LogP contribution in [-0.4, -0.2) is 10.9 Å². The molecule has 0 aliphatic rings. The van der Waals surface area contributed by atoms with Gasteiger partial charge in [0.1, 0.15) is 33.8 Å². The summed E-state index contributed by atoms with van der Waals surface area (Å²) < 4.78 is 6.02. The van der Waals surface area contributed by atoms with E-state index in [0.29, 0.717) is 37.1 Å². The summed E-state index contributed by atoms with van der Waals surface area (Å²) in [6.45, 7) is 2.20. The number of aryl methyl sites for hydroxylation is 1. The van der Waals surface area contributed by atoms with Gasteiger partial charge in [-0.15, -0.1) is 11.3 Å². The molecule has 0 radical (unpaired) electrons. The zero-order valence-corrected chi connectivity index (χ0v) is 20.7. The molecule has 5 aromatic rings. The van der Waals surface area contributed by atoms with E-state index in [2.05, 4.69) is 21.7 Å². The molecule has 0 saturated heterocycles. The van der Waals surface area contributed by atoms with Crippen molar-refractivity contribution < 1.29 is 9.21 Å². The minimum atomic E-state index is -0.341. The average molecular weight is 514 g/mol. The molecule has 2 aromatic carbocycles. The van der Waals surface area contributed by atoms with Crippen molar-refractivity contribution in [1.82, 2.24) is 10.3 Å². The molecule has 3 aromatic heterocycles. The van der Waals surface area contributed by atoms with Crippen molar-refractivity contribution in [2.75, 3.05) is 11.1 Å². The summed E-state index contributed by atoms with van der Waals surface area (Å²) in [4.78, 5) is 18.0. The summed E-state index contributed by atoms with van der Waals surface area (Å²) in [7, 11) is 0. The molecule has 5 rings (SSSR count). The number of nitrogens with zero attached hydrogens (tertiary/aromatic N) is 2. The van der Waals surface area contributed by atoms with Crippen molar-refractivity contribution in [2.45, 2.75) is 13.5 Å². The largest absolute Gasteiger partial charge is 0.467 e. The number of anilines is 3. The van der Waals surface area contributed by atoms with Crippen LogP contribution in [0, 0.1) is 18.3 Å². The van der Waals surface area contributed by atoms with Gasteiger partial charge in [0.2, 0.25) is 0 Å². The fourth-order valence-corrected chi connectivity index (χ4v) is 5.30. The number of amides is 1. The molecule has 1 amide bonds. The molecule has 0 bridgehead atoms. The molecule has 36 heavy (non-hydrogen) atoms. The number of nitrogens with one attached hydrogen (secondary N) is 2. The fraction of sp³-hybridized carbons (Fsp3) is 0.0741. The van der Waals surface area contributed by atoms with Gasteiger partial charge in [-0.1, -0.05) is 35.9 Å². The molecule has 178 valence electrons. The Morgan fingerprint density at radius 3 is 2.69 bits per heavy atom. The van der Waals surface area contributed by atoms with Gasteiger partial charge in [0, 0.05) is 16.3 Å². The highest BCUT2D eigenvalue weighted by molar-refractivity contribution is 7.24. The first-order chi connectivity index (χ1) is 17.4. The van der Waals surface area contributed by atoms with E-state index in [-0.39, 0.29) is 23.8 Å². The Kier molecular flexibility index (Phi) is 6.34. The lowest BCUT2D eigenvalue weighted by Gasteiger charge is -2.10. The highest BCUT2D eigenvalue weighted by Gasteiger charge is 2.26. The first-order valence-corrected chi connectivity index (χ1v) is 12.2. The molecule has 0 saturated carbocycles. The summed E-state index contributed by atoms with van der Waals surface area (Å²) in [6, 6.07) is 20.7. The van der Waals surface area contributed by atoms with E-state index in [4.69, 9.17) is 21.8 Å². The minimum absolute atomic E-state index is 0.0509. The van der Waals surface area contributed by atoms with Crippen molar-refractivity contribution in [2.24, 2.45) is 0 Å². The summed E-state index contributed by atoms with van der Waals surface area (Å²) >= 11 is 7.45. The Hall–Kier alpha value is -4.32. The van der Waals surface area contributed by atoms with E-state index in [1.165, 1.54) is 11.3 Å². The number of furan rings is 1. The summed E-state index contributed by atoms with van der Waals surface area (Å²) in [6.07, 6.45) is 1.55. The number of rotatable bonds is 6. The standard InChI is InChI=1S/C27H20ClN5O2S/c1-15-4-2-5-18(12-15)32-27-22(26(34)31-14-19-6-3-11-35-19)23-24(36-27)21(20(13-29)25(30)33-23)16-7-9-17(28)10-8-16/h2-12,32H,14H2,1H3,(H2,30,33)(H,31,34). The smallest absolute Gasteiger partial charge is 0.256 e. The van der Waals surface area contributed by atoms with Crippen LogP contribution in [-0.2, 0) is 6.54 Å². The van der Waals surface area contributed by atoms with E-state index >= 15 is 0 Å². The maximum atomic E-state index is 13.5. The lowest BCUT2D eigenvalue weighted by molar-refractivity contribution is 0.0950. The quantitative estimate of drug-likeness (QED) is 0.234. The first kappa shape index (κ1) is 23.4. The number of nitrogen functional groups attached to an aromatic ring is 1. The predicted molar refractivity (Wildman–Crippen MR) is 144 cm³/mol. The molecular formula is C27H20ClN5O2S. The number of nitrogens with two attached hydrogens (primary N) is 1. The number of pyridine rings is 1. The zero-order valence-electron chi connectivity index (χ0n) is 19.1. The van der Waals surface area contributed by atoms with Crippen molar-refractivity contribution >= 4 is 55.6 Å². The molecule has 0 aliphatic carbocycles. The molecule has 7 nitrogen and oxygen atoms in total. The van der Waals surface area contributed by atoms with E-state index in [9.17, 15) is 10.1 Å². The van der Waals surface area contributed by atoms with Crippen LogP contribution in [0.3, 0.4) is 0 Å². The van der Waals surface area contributed by atoms with Crippen molar-refractivity contribution in [3.05, 3.63) is 94.4 Å². The van der Waals surface area contributed by atoms with E-state index < -0.39 is 0 Å². The Morgan fingerprint density at radius 2 is 2.00 bits per heavy atom. The molecule has 0 atom stereocenters. The monoisotopic (exact) mass is 513 g/mol. The zero-order chi connectivity index (χ0) is 25.2. The molecule has 0 spiro atoms. The van der Waals surface area contributed by atoms with Gasteiger partial charge in [-0.05, 0) is 54.4 Å². The second-order valence-corrected chi connectivity index (χ2v) is 9.56. The fourth-order valence-electron chi connectivity index (χ4n) is 3.94. The van der Waals surface area contributed by atoms with Crippen LogP contribution in [0.4, 0.5) is 16.5 Å². The van der Waals surface area contributed by atoms with Gasteiger partial charge in [0.25, 0.3) is 5.91 Å². The van der Waals surface area contributed by atoms with Gasteiger partial charge < -0.3 is 20.8 Å². The normalized spacial score (nSPS) is 10.8. The Bertz CT molecular complexity index is 1620. The lowest BCUT2D eigenvalue weighted by Crippen LogP contribution is -2.23. The number of aromatic nitrogens is 1. The third kappa shape index (κ3) is 4.50. The molecule has 9 heteroatoms. The Labute approximate surface area is 216 Å². The first-order valence-electron chi connectivity index (χ1n) is 11.0. The Morgan fingerprint density at radius 1 is 1.19 bits per heavy atom. The lowest BCUT2D eigenvalue weighted by atomic mass is 10.00. The third-order valence-corrected chi connectivity index (χ3v) is 6.96. The molecule has 0 fully saturated rings. The molecule has 0 aliphatic heterocycles. The Balaban J connectivity index is 1.71. The van der Waals surface area contributed by atoms with E-state index in [1.807, 2.05) is 43.3 Å². The van der Waals surface area contributed by atoms with Gasteiger partial charge in [0.05, 0.1) is 23.0 Å². The van der Waals surface area contributed by atoms with Crippen LogP contribution in [0.15, 0.2) is 71.3 Å². The number of halogens is 1. The second-order valence-electron chi connectivity index (χ2n) is 8.11. The van der Waals surface area contributed by atoms with Crippen molar-refractivity contribution in [1.29, 1.82) is 5.26 Å². The molecule has 0 unspecified atom stereocenters. The van der Waals surface area contributed by atoms with Crippen LogP contribution in [0.2, 0.25) is 5.02 Å². The number of hydrogen-bond donors (Lipinski definition) is 3. The van der Waals surface area contributed by atoms with Crippen molar-refractivity contribution in [3.8, 4) is 17.2 Å². The van der Waals surface area contributed by atoms with Gasteiger partial charge in [-0.25, -0.2) is 4.98 Å². The van der Waals surface area contributed by atoms with Crippen molar-refractivity contribution in [3.63, 3.8) is 0 Å². The van der Waals surface area contributed by atoms with E-state index in [0.717, 1.165) is 16.8 Å². The van der Waals surface area contributed by atoms with Crippen LogP contribution in [0.25, 0.3) is 21.3 Å². The number of nitriles is 1. The maximum Gasteiger partial charge on any atom is 0.256 e. The average Bonchev–Trinajstić information content (AvgIpc) is 3.50. The highest BCUT2D eigenvalue weighted by atomic mass is 35.5. The van der Waals surface area contributed by atoms with Crippen LogP contribution < -0.4 is 16.4 Å². The third-order valence-electron chi connectivity index (χ3n) is 5.60. The number of fused-ring (bicyclic) bond motifs is 1. The van der Waals surface area contributed by atoms with Crippen LogP contribution in [0.1, 0.15) is 27.2 Å². The summed E-state index contributed by atoms with van der Waals surface area (Å²) in [5.74, 6) is 0.332. The van der Waals surface area contributed by atoms with Gasteiger partial charge in [-0.2, -0.15) is 5.26 Å². The molecule has 4 N–H and O–H groups in total. The van der Waals surface area contributed by atoms with Crippen LogP contribution in [0.5, 0.6) is 0 Å². The number of thiophene rings is 1. The highest BCUT2D eigenvalue weighted by Crippen LogP contribution is 2.44. The number of hydrogen-bond acceptors (Lipinski definition) is 7. The number of carbonyl (C=O) groups is 1. The summed E-state index contributed by atoms with van der Waals surface area (Å²) in [5.41, 5.74) is 10.5. The van der Waals surface area contributed by atoms with Crippen LogP contribution >= 0.6 is 22.9 Å². The van der Waals surface area contributed by atoms with Gasteiger partial charge in [0.15, 0.2) is 0 Å². The maximum absolute atomic E-state index is 13.5. The predicted octanol–water partition coefficient (Wildman–Crippen LogP) is 6.65.